The summed E-state index contributed by atoms with van der Waals surface area (Å²) in [6.07, 6.45) is 7.64. The van der Waals surface area contributed by atoms with E-state index in [0.29, 0.717) is 0 Å². The second kappa shape index (κ2) is 7.60. The van der Waals surface area contributed by atoms with Gasteiger partial charge in [-0.15, -0.1) is 11.8 Å². The molecule has 1 N–H and O–H groups in total. The number of aromatic amines is 1. The van der Waals surface area contributed by atoms with Gasteiger partial charge in [-0.25, -0.2) is 15.0 Å². The minimum Gasteiger partial charge on any atom is -0.348 e. The van der Waals surface area contributed by atoms with Crippen molar-refractivity contribution >= 4 is 11.8 Å². The lowest BCUT2D eigenvalue weighted by molar-refractivity contribution is 0.197. The highest BCUT2D eigenvalue weighted by Gasteiger charge is 2.31. The SMILES string of the molecule is CCc1nccc(CN2CCc3[nH]cnc3C2c2ccc(SC)cc2)n1. The molecule has 5 nitrogen and oxygen atoms in total. The molecular formula is C20H23N5S. The van der Waals surface area contributed by atoms with Crippen molar-refractivity contribution in [3.8, 4) is 0 Å². The third-order valence-corrected chi connectivity index (χ3v) is 5.64. The quantitative estimate of drug-likeness (QED) is 0.700. The van der Waals surface area contributed by atoms with Crippen molar-refractivity contribution in [3.05, 3.63) is 71.3 Å². The minimum atomic E-state index is 0.154. The summed E-state index contributed by atoms with van der Waals surface area (Å²) >= 11 is 1.77. The Morgan fingerprint density at radius 1 is 1.19 bits per heavy atom. The molecule has 0 saturated heterocycles. The van der Waals surface area contributed by atoms with Crippen molar-refractivity contribution < 1.29 is 0 Å². The monoisotopic (exact) mass is 365 g/mol. The summed E-state index contributed by atoms with van der Waals surface area (Å²) in [4.78, 5) is 20.7. The van der Waals surface area contributed by atoms with Crippen LogP contribution in [0.2, 0.25) is 0 Å². The van der Waals surface area contributed by atoms with Crippen molar-refractivity contribution in [2.24, 2.45) is 0 Å². The number of benzene rings is 1. The van der Waals surface area contributed by atoms with E-state index in [1.807, 2.05) is 18.6 Å². The van der Waals surface area contributed by atoms with Gasteiger partial charge >= 0.3 is 0 Å². The Morgan fingerprint density at radius 2 is 2.04 bits per heavy atom. The normalized spacial score (nSPS) is 17.2. The van der Waals surface area contributed by atoms with Gasteiger partial charge in [-0.2, -0.15) is 0 Å². The molecule has 1 aromatic carbocycles. The smallest absolute Gasteiger partial charge is 0.128 e. The fourth-order valence-corrected chi connectivity index (χ4v) is 3.97. The number of imidazole rings is 1. The van der Waals surface area contributed by atoms with Crippen LogP contribution in [0.25, 0.3) is 0 Å². The molecule has 1 aliphatic rings. The largest absolute Gasteiger partial charge is 0.348 e. The van der Waals surface area contributed by atoms with Crippen LogP contribution in [-0.2, 0) is 19.4 Å². The zero-order valence-corrected chi connectivity index (χ0v) is 16.0. The van der Waals surface area contributed by atoms with E-state index in [-0.39, 0.29) is 6.04 Å². The molecule has 6 heteroatoms. The Labute approximate surface area is 158 Å². The molecule has 1 aliphatic heterocycles. The average Bonchev–Trinajstić information content (AvgIpc) is 3.17. The fourth-order valence-electron chi connectivity index (χ4n) is 3.56. The Morgan fingerprint density at radius 3 is 2.81 bits per heavy atom. The molecule has 0 fully saturated rings. The summed E-state index contributed by atoms with van der Waals surface area (Å²) in [6, 6.07) is 11.0. The Bertz CT molecular complexity index is 874. The lowest BCUT2D eigenvalue weighted by Crippen LogP contribution is -2.36. The number of thioether (sulfide) groups is 1. The number of nitrogens with zero attached hydrogens (tertiary/aromatic N) is 4. The van der Waals surface area contributed by atoms with E-state index in [0.717, 1.165) is 43.1 Å². The molecule has 2 aromatic heterocycles. The van der Waals surface area contributed by atoms with Crippen molar-refractivity contribution in [1.29, 1.82) is 0 Å². The maximum Gasteiger partial charge on any atom is 0.128 e. The summed E-state index contributed by atoms with van der Waals surface area (Å²) < 4.78 is 0. The first kappa shape index (κ1) is 17.2. The molecule has 26 heavy (non-hydrogen) atoms. The maximum atomic E-state index is 4.70. The molecule has 0 saturated carbocycles. The predicted octanol–water partition coefficient (Wildman–Crippen LogP) is 3.63. The number of aryl methyl sites for hydroxylation is 1. The Hall–Kier alpha value is -2.18. The molecule has 1 atom stereocenters. The van der Waals surface area contributed by atoms with E-state index >= 15 is 0 Å². The summed E-state index contributed by atoms with van der Waals surface area (Å²) in [5.74, 6) is 0.904. The molecule has 0 bridgehead atoms. The summed E-state index contributed by atoms with van der Waals surface area (Å²) in [7, 11) is 0. The van der Waals surface area contributed by atoms with E-state index in [1.165, 1.54) is 16.2 Å². The van der Waals surface area contributed by atoms with Crippen LogP contribution < -0.4 is 0 Å². The highest BCUT2D eigenvalue weighted by molar-refractivity contribution is 7.98. The van der Waals surface area contributed by atoms with Crippen LogP contribution in [0.5, 0.6) is 0 Å². The van der Waals surface area contributed by atoms with Crippen molar-refractivity contribution in [2.45, 2.75) is 37.2 Å². The number of hydrogen-bond donors (Lipinski definition) is 1. The van der Waals surface area contributed by atoms with Gasteiger partial charge in [0.2, 0.25) is 0 Å². The van der Waals surface area contributed by atoms with Crippen LogP contribution in [-0.4, -0.2) is 37.6 Å². The van der Waals surface area contributed by atoms with Gasteiger partial charge in [-0.3, -0.25) is 4.90 Å². The van der Waals surface area contributed by atoms with Gasteiger partial charge < -0.3 is 4.98 Å². The molecule has 3 aromatic rings. The van der Waals surface area contributed by atoms with Crippen LogP contribution in [0, 0.1) is 0 Å². The van der Waals surface area contributed by atoms with E-state index in [1.54, 1.807) is 11.8 Å². The summed E-state index contributed by atoms with van der Waals surface area (Å²) in [6.45, 7) is 3.87. The average molecular weight is 366 g/mol. The zero-order chi connectivity index (χ0) is 17.9. The second-order valence-electron chi connectivity index (χ2n) is 6.48. The molecule has 134 valence electrons. The van der Waals surface area contributed by atoms with Crippen LogP contribution in [0.1, 0.15) is 41.4 Å². The van der Waals surface area contributed by atoms with Gasteiger partial charge in [-0.1, -0.05) is 19.1 Å². The van der Waals surface area contributed by atoms with Crippen LogP contribution >= 0.6 is 11.8 Å². The molecule has 4 rings (SSSR count). The molecule has 0 radical (unpaired) electrons. The molecular weight excluding hydrogens is 342 g/mol. The minimum absolute atomic E-state index is 0.154. The Balaban J connectivity index is 1.67. The lowest BCUT2D eigenvalue weighted by atomic mass is 9.95. The van der Waals surface area contributed by atoms with Gasteiger partial charge in [0.25, 0.3) is 0 Å². The van der Waals surface area contributed by atoms with Gasteiger partial charge in [0.05, 0.1) is 23.8 Å². The molecule has 0 aliphatic carbocycles. The number of rotatable bonds is 5. The number of fused-ring (bicyclic) bond motifs is 1. The molecule has 1 unspecified atom stereocenters. The number of hydrogen-bond acceptors (Lipinski definition) is 5. The molecule has 0 spiro atoms. The number of H-pyrrole nitrogens is 1. The first-order valence-corrected chi connectivity index (χ1v) is 10.2. The topological polar surface area (TPSA) is 57.7 Å². The van der Waals surface area contributed by atoms with Gasteiger partial charge in [0.15, 0.2) is 0 Å². The van der Waals surface area contributed by atoms with Crippen LogP contribution in [0.15, 0.2) is 47.8 Å². The fraction of sp³-hybridized carbons (Fsp3) is 0.350. The van der Waals surface area contributed by atoms with Crippen molar-refractivity contribution in [2.75, 3.05) is 12.8 Å². The summed E-state index contributed by atoms with van der Waals surface area (Å²) in [5.41, 5.74) is 4.73. The van der Waals surface area contributed by atoms with Crippen LogP contribution in [0.4, 0.5) is 0 Å². The maximum absolute atomic E-state index is 4.70. The third-order valence-electron chi connectivity index (χ3n) is 4.90. The summed E-state index contributed by atoms with van der Waals surface area (Å²) in [5, 5.41) is 0. The highest BCUT2D eigenvalue weighted by atomic mass is 32.2. The van der Waals surface area contributed by atoms with Crippen molar-refractivity contribution in [1.82, 2.24) is 24.8 Å². The first-order valence-electron chi connectivity index (χ1n) is 8.99. The van der Waals surface area contributed by atoms with Gasteiger partial charge in [0, 0.05) is 42.7 Å². The second-order valence-corrected chi connectivity index (χ2v) is 7.36. The van der Waals surface area contributed by atoms with Gasteiger partial charge in [0.1, 0.15) is 5.82 Å². The van der Waals surface area contributed by atoms with E-state index in [4.69, 9.17) is 4.98 Å². The highest BCUT2D eigenvalue weighted by Crippen LogP contribution is 2.34. The number of nitrogens with one attached hydrogen (secondary N) is 1. The lowest BCUT2D eigenvalue weighted by Gasteiger charge is -2.35. The van der Waals surface area contributed by atoms with E-state index < -0.39 is 0 Å². The third kappa shape index (κ3) is 3.39. The molecule has 0 amide bonds. The first-order chi connectivity index (χ1) is 12.8. The van der Waals surface area contributed by atoms with Crippen molar-refractivity contribution in [3.63, 3.8) is 0 Å². The van der Waals surface area contributed by atoms with Crippen LogP contribution in [0.3, 0.4) is 0 Å². The van der Waals surface area contributed by atoms with E-state index in [2.05, 4.69) is 57.3 Å². The number of aromatic nitrogens is 4. The van der Waals surface area contributed by atoms with Gasteiger partial charge in [-0.05, 0) is 30.0 Å². The molecule has 3 heterocycles. The van der Waals surface area contributed by atoms with E-state index in [9.17, 15) is 0 Å². The Kier molecular flexibility index (Phi) is 5.04. The standard InChI is InChI=1S/C20H23N5S/c1-3-18-21-10-8-15(24-18)12-25-11-9-17-19(23-13-22-17)20(25)14-4-6-16(26-2)7-5-14/h4-8,10,13,20H,3,9,11-12H2,1-2H3,(H,22,23). The zero-order valence-electron chi connectivity index (χ0n) is 15.1. The predicted molar refractivity (Wildman–Crippen MR) is 104 cm³/mol.